The number of rotatable bonds is 4. The van der Waals surface area contributed by atoms with Crippen LogP contribution in [0.1, 0.15) is 52.4 Å². The van der Waals surface area contributed by atoms with E-state index >= 15 is 0 Å². The topological polar surface area (TPSA) is 0 Å². The molecule has 0 aliphatic rings. The Hall–Kier alpha value is 1.12. The zero-order valence-corrected chi connectivity index (χ0v) is 9.90. The smallest absolute Gasteiger partial charge is 0.343 e. The van der Waals surface area contributed by atoms with Gasteiger partial charge in [0, 0.05) is 18.9 Å². The summed E-state index contributed by atoms with van der Waals surface area (Å²) in [6.07, 6.45) is 7.31. The maximum absolute atomic E-state index is 3.68. The van der Waals surface area contributed by atoms with Crippen molar-refractivity contribution in [2.45, 2.75) is 52.4 Å². The van der Waals surface area contributed by atoms with Crippen LogP contribution >= 0.6 is 0 Å². The molecule has 0 saturated heterocycles. The van der Waals surface area contributed by atoms with Crippen LogP contribution in [0.25, 0.3) is 0 Å². The van der Waals surface area contributed by atoms with E-state index in [0.29, 0.717) is 0 Å². The van der Waals surface area contributed by atoms with E-state index in [4.69, 9.17) is 0 Å². The second kappa shape index (κ2) is 29.6. The summed E-state index contributed by atoms with van der Waals surface area (Å²) in [5.41, 5.74) is 0. The maximum atomic E-state index is 3.68. The predicted molar refractivity (Wildman–Crippen MR) is 55.5 cm³/mol. The van der Waals surface area contributed by atoms with E-state index in [0.717, 1.165) is 12.8 Å². The van der Waals surface area contributed by atoms with Gasteiger partial charge in [-0.15, -0.1) is 0 Å². The van der Waals surface area contributed by atoms with Crippen LogP contribution in [-0.2, 0) is 17.1 Å². The number of hydrogen-bond acceptors (Lipinski definition) is 0. The molecule has 0 amide bonds. The molecule has 12 heavy (non-hydrogen) atoms. The molecule has 0 fully saturated rings. The SMILES string of the molecule is [CH2-]CCCC.[CH2-]CCCC.[Cu+2].[Li]. The van der Waals surface area contributed by atoms with Crippen molar-refractivity contribution in [2.24, 2.45) is 0 Å². The van der Waals surface area contributed by atoms with E-state index in [-0.39, 0.29) is 35.9 Å². The zero-order chi connectivity index (χ0) is 8.24. The standard InChI is InChI=1S/2C5H11.Cu.Li/c2*1-3-5-4-2;;/h2*1,3-5H2,2H3;;/q2*-1;+2;. The van der Waals surface area contributed by atoms with Gasteiger partial charge in [0.1, 0.15) is 0 Å². The summed E-state index contributed by atoms with van der Waals surface area (Å²) < 4.78 is 0. The molecule has 0 aliphatic heterocycles. The summed E-state index contributed by atoms with van der Waals surface area (Å²) in [4.78, 5) is 0. The Morgan fingerprint density at radius 2 is 1.08 bits per heavy atom. The molecule has 2 heteroatoms. The van der Waals surface area contributed by atoms with E-state index in [1.807, 2.05) is 0 Å². The summed E-state index contributed by atoms with van der Waals surface area (Å²) in [7, 11) is 0. The Labute approximate surface area is 102 Å². The van der Waals surface area contributed by atoms with Crippen LogP contribution in [0.5, 0.6) is 0 Å². The first-order valence-corrected chi connectivity index (χ1v) is 4.41. The van der Waals surface area contributed by atoms with Gasteiger partial charge in [-0.2, -0.15) is 12.8 Å². The van der Waals surface area contributed by atoms with Gasteiger partial charge in [-0.05, 0) is 0 Å². The van der Waals surface area contributed by atoms with Gasteiger partial charge in [0.2, 0.25) is 0 Å². The minimum atomic E-state index is 0. The molecule has 0 aromatic heterocycles. The molecule has 2 radical (unpaired) electrons. The fraction of sp³-hybridized carbons (Fsp3) is 0.800. The molecule has 0 spiro atoms. The second-order valence-electron chi connectivity index (χ2n) is 2.41. The Bertz CT molecular complexity index is 30.8. The van der Waals surface area contributed by atoms with Crippen molar-refractivity contribution in [1.29, 1.82) is 0 Å². The van der Waals surface area contributed by atoms with Gasteiger partial charge in [0.15, 0.2) is 0 Å². The summed E-state index contributed by atoms with van der Waals surface area (Å²) >= 11 is 0. The van der Waals surface area contributed by atoms with Crippen LogP contribution in [0, 0.1) is 13.8 Å². The van der Waals surface area contributed by atoms with Gasteiger partial charge in [0.05, 0.1) is 0 Å². The fourth-order valence-electron chi connectivity index (χ4n) is 0.500. The predicted octanol–water partition coefficient (Wildman–Crippen LogP) is 3.64. The molecule has 0 aromatic carbocycles. The second-order valence-corrected chi connectivity index (χ2v) is 2.41. The van der Waals surface area contributed by atoms with Crippen LogP contribution in [0.15, 0.2) is 0 Å². The van der Waals surface area contributed by atoms with Gasteiger partial charge in [-0.1, -0.05) is 39.5 Å². The maximum Gasteiger partial charge on any atom is 2.00 e. The first-order valence-electron chi connectivity index (χ1n) is 4.41. The summed E-state index contributed by atoms with van der Waals surface area (Å²) in [5, 5.41) is 0. The molecule has 0 unspecified atom stereocenters. The average molecular weight is 213 g/mol. The molecule has 0 aliphatic carbocycles. The van der Waals surface area contributed by atoms with E-state index in [1.165, 1.54) is 25.7 Å². The van der Waals surface area contributed by atoms with Crippen molar-refractivity contribution in [1.82, 2.24) is 0 Å². The van der Waals surface area contributed by atoms with E-state index in [1.54, 1.807) is 0 Å². The van der Waals surface area contributed by atoms with Gasteiger partial charge < -0.3 is 13.8 Å². The van der Waals surface area contributed by atoms with Crippen LogP contribution in [0.3, 0.4) is 0 Å². The zero-order valence-electron chi connectivity index (χ0n) is 8.96. The Morgan fingerprint density at radius 3 is 1.08 bits per heavy atom. The van der Waals surface area contributed by atoms with E-state index in [9.17, 15) is 0 Å². The molecule has 0 heterocycles. The minimum Gasteiger partial charge on any atom is -0.343 e. The van der Waals surface area contributed by atoms with E-state index < -0.39 is 0 Å². The van der Waals surface area contributed by atoms with Crippen molar-refractivity contribution < 1.29 is 17.1 Å². The van der Waals surface area contributed by atoms with Gasteiger partial charge in [0.25, 0.3) is 0 Å². The van der Waals surface area contributed by atoms with Crippen LogP contribution in [0.4, 0.5) is 0 Å². The third-order valence-corrected chi connectivity index (χ3v) is 1.21. The molecule has 0 saturated carbocycles. The quantitative estimate of drug-likeness (QED) is 0.493. The molecule has 0 nitrogen and oxygen atoms in total. The Morgan fingerprint density at radius 1 is 0.833 bits per heavy atom. The Kier molecular flexibility index (Phi) is 57.1. The van der Waals surface area contributed by atoms with Crippen molar-refractivity contribution in [2.75, 3.05) is 0 Å². The summed E-state index contributed by atoms with van der Waals surface area (Å²) in [6.45, 7) is 11.7. The van der Waals surface area contributed by atoms with Crippen molar-refractivity contribution in [3.05, 3.63) is 13.8 Å². The van der Waals surface area contributed by atoms with Gasteiger partial charge in [-0.3, -0.25) is 0 Å². The molecule has 0 rings (SSSR count). The normalized spacial score (nSPS) is 7.00. The summed E-state index contributed by atoms with van der Waals surface area (Å²) in [5.74, 6) is 0. The molecule has 74 valence electrons. The minimum absolute atomic E-state index is 0. The molecule has 0 aromatic rings. The van der Waals surface area contributed by atoms with Crippen LogP contribution in [0.2, 0.25) is 0 Å². The first kappa shape index (κ1) is 23.2. The molecular formula is C10H22CuLi. The van der Waals surface area contributed by atoms with Crippen LogP contribution in [-0.4, -0.2) is 18.9 Å². The van der Waals surface area contributed by atoms with E-state index in [2.05, 4.69) is 27.7 Å². The average Bonchev–Trinajstić information content (AvgIpc) is 1.93. The molecule has 0 atom stereocenters. The largest absolute Gasteiger partial charge is 2.00 e. The number of hydrogen-bond donors (Lipinski definition) is 0. The number of unbranched alkanes of at least 4 members (excludes halogenated alkanes) is 4. The first-order chi connectivity index (χ1) is 4.83. The molecule has 0 bridgehead atoms. The van der Waals surface area contributed by atoms with Crippen molar-refractivity contribution in [3.8, 4) is 0 Å². The van der Waals surface area contributed by atoms with Crippen molar-refractivity contribution >= 4 is 18.9 Å². The third-order valence-electron chi connectivity index (χ3n) is 1.21. The molecule has 0 N–H and O–H groups in total. The third kappa shape index (κ3) is 43.5. The van der Waals surface area contributed by atoms with Gasteiger partial charge >= 0.3 is 17.1 Å². The van der Waals surface area contributed by atoms with Crippen LogP contribution < -0.4 is 0 Å². The van der Waals surface area contributed by atoms with Crippen molar-refractivity contribution in [3.63, 3.8) is 0 Å². The fourth-order valence-corrected chi connectivity index (χ4v) is 0.500. The molecular weight excluding hydrogens is 191 g/mol. The van der Waals surface area contributed by atoms with Gasteiger partial charge in [-0.25, -0.2) is 0 Å². The monoisotopic (exact) mass is 212 g/mol. The Balaban J connectivity index is -0.0000000457. The summed E-state index contributed by atoms with van der Waals surface area (Å²) in [6, 6.07) is 0.